The predicted molar refractivity (Wildman–Crippen MR) is 109 cm³/mol. The van der Waals surface area contributed by atoms with Crippen molar-refractivity contribution < 1.29 is 9.59 Å². The fourth-order valence-corrected chi connectivity index (χ4v) is 4.07. The van der Waals surface area contributed by atoms with Crippen molar-refractivity contribution in [3.8, 4) is 0 Å². The average molecular weight is 388 g/mol. The van der Waals surface area contributed by atoms with E-state index >= 15 is 0 Å². The largest absolute Gasteiger partial charge is 0.353 e. The smallest absolute Gasteiger partial charge is 0.237 e. The third kappa shape index (κ3) is 5.31. The van der Waals surface area contributed by atoms with Gasteiger partial charge in [0.15, 0.2) is 0 Å². The SMILES string of the molecule is CC(C)CN1CCNC(=O)C1CC(=O)N(C)CC1CC(c2ccccc2)NN1. The van der Waals surface area contributed by atoms with E-state index in [0.717, 1.165) is 19.5 Å². The monoisotopic (exact) mass is 387 g/mol. The number of nitrogens with one attached hydrogen (secondary N) is 3. The summed E-state index contributed by atoms with van der Waals surface area (Å²) in [7, 11) is 1.83. The van der Waals surface area contributed by atoms with E-state index in [-0.39, 0.29) is 36.4 Å². The Bertz CT molecular complexity index is 666. The van der Waals surface area contributed by atoms with Crippen molar-refractivity contribution in [3.05, 3.63) is 35.9 Å². The van der Waals surface area contributed by atoms with Crippen molar-refractivity contribution >= 4 is 11.8 Å². The molecule has 7 nitrogen and oxygen atoms in total. The number of hydrogen-bond donors (Lipinski definition) is 3. The van der Waals surface area contributed by atoms with Crippen molar-refractivity contribution in [1.29, 1.82) is 0 Å². The molecule has 3 atom stereocenters. The van der Waals surface area contributed by atoms with Crippen LogP contribution in [0.25, 0.3) is 0 Å². The molecule has 2 aliphatic heterocycles. The van der Waals surface area contributed by atoms with Crippen LogP contribution in [0.3, 0.4) is 0 Å². The number of rotatable bonds is 7. The number of amides is 2. The quantitative estimate of drug-likeness (QED) is 0.648. The summed E-state index contributed by atoms with van der Waals surface area (Å²) in [5.74, 6) is 0.448. The maximum atomic E-state index is 12.8. The molecule has 3 N–H and O–H groups in total. The van der Waals surface area contributed by atoms with Crippen LogP contribution in [0.4, 0.5) is 0 Å². The summed E-state index contributed by atoms with van der Waals surface area (Å²) >= 11 is 0. The molecular formula is C21H33N5O2. The first-order valence-electron chi connectivity index (χ1n) is 10.3. The molecule has 28 heavy (non-hydrogen) atoms. The van der Waals surface area contributed by atoms with E-state index in [9.17, 15) is 9.59 Å². The molecule has 0 bridgehead atoms. The number of nitrogens with zero attached hydrogens (tertiary/aromatic N) is 2. The van der Waals surface area contributed by atoms with E-state index in [2.05, 4.69) is 47.0 Å². The summed E-state index contributed by atoms with van der Waals surface area (Å²) in [5, 5.41) is 2.90. The Balaban J connectivity index is 1.52. The number of hydrogen-bond acceptors (Lipinski definition) is 5. The fraction of sp³-hybridized carbons (Fsp3) is 0.619. The minimum Gasteiger partial charge on any atom is -0.353 e. The van der Waals surface area contributed by atoms with Gasteiger partial charge in [-0.15, -0.1) is 0 Å². The molecule has 7 heteroatoms. The Hall–Kier alpha value is -1.96. The normalized spacial score (nSPS) is 25.7. The van der Waals surface area contributed by atoms with Crippen LogP contribution in [-0.4, -0.2) is 66.9 Å². The minimum atomic E-state index is -0.363. The van der Waals surface area contributed by atoms with Gasteiger partial charge >= 0.3 is 0 Å². The third-order valence-corrected chi connectivity index (χ3v) is 5.51. The summed E-state index contributed by atoms with van der Waals surface area (Å²) in [6.07, 6.45) is 1.16. The summed E-state index contributed by atoms with van der Waals surface area (Å²) in [6, 6.07) is 10.4. The number of likely N-dealkylation sites (N-methyl/N-ethyl adjacent to an activating group) is 1. The number of benzene rings is 1. The van der Waals surface area contributed by atoms with Gasteiger partial charge in [0.1, 0.15) is 0 Å². The Kier molecular flexibility index (Phi) is 7.04. The number of hydrazine groups is 1. The molecule has 0 aliphatic carbocycles. The van der Waals surface area contributed by atoms with Gasteiger partial charge in [0.2, 0.25) is 11.8 Å². The molecule has 2 heterocycles. The molecule has 0 aromatic heterocycles. The van der Waals surface area contributed by atoms with Crippen molar-refractivity contribution in [2.24, 2.45) is 5.92 Å². The molecule has 3 unspecified atom stereocenters. The zero-order valence-electron chi connectivity index (χ0n) is 17.1. The second-order valence-corrected chi connectivity index (χ2v) is 8.36. The van der Waals surface area contributed by atoms with Crippen LogP contribution in [0.5, 0.6) is 0 Å². The molecule has 154 valence electrons. The second kappa shape index (κ2) is 9.49. The maximum Gasteiger partial charge on any atom is 0.237 e. The van der Waals surface area contributed by atoms with E-state index < -0.39 is 0 Å². The van der Waals surface area contributed by atoms with Crippen LogP contribution in [0.15, 0.2) is 30.3 Å². The molecule has 0 radical (unpaired) electrons. The molecule has 1 aromatic carbocycles. The van der Waals surface area contributed by atoms with Gasteiger partial charge < -0.3 is 10.2 Å². The van der Waals surface area contributed by atoms with E-state index in [4.69, 9.17) is 0 Å². The summed E-state index contributed by atoms with van der Waals surface area (Å²) in [6.45, 7) is 7.19. The van der Waals surface area contributed by atoms with Crippen LogP contribution in [-0.2, 0) is 9.59 Å². The third-order valence-electron chi connectivity index (χ3n) is 5.51. The van der Waals surface area contributed by atoms with Gasteiger partial charge in [-0.2, -0.15) is 0 Å². The first-order chi connectivity index (χ1) is 13.4. The van der Waals surface area contributed by atoms with Crippen molar-refractivity contribution in [1.82, 2.24) is 26.0 Å². The fourth-order valence-electron chi connectivity index (χ4n) is 4.07. The number of carbonyl (C=O) groups is 2. The molecule has 0 saturated carbocycles. The Morgan fingerprint density at radius 3 is 2.71 bits per heavy atom. The van der Waals surface area contributed by atoms with Gasteiger partial charge in [0.05, 0.1) is 12.5 Å². The molecule has 2 aliphatic rings. The van der Waals surface area contributed by atoms with Crippen molar-refractivity contribution in [2.45, 2.75) is 44.8 Å². The topological polar surface area (TPSA) is 76.7 Å². The lowest BCUT2D eigenvalue weighted by atomic mass is 10.0. The van der Waals surface area contributed by atoms with Gasteiger partial charge in [-0.1, -0.05) is 44.2 Å². The second-order valence-electron chi connectivity index (χ2n) is 8.36. The van der Waals surface area contributed by atoms with Crippen LogP contribution in [0, 0.1) is 5.92 Å². The van der Waals surface area contributed by atoms with Crippen LogP contribution in [0.2, 0.25) is 0 Å². The molecule has 0 spiro atoms. The Labute approximate surface area is 167 Å². The summed E-state index contributed by atoms with van der Waals surface area (Å²) < 4.78 is 0. The first-order valence-corrected chi connectivity index (χ1v) is 10.3. The summed E-state index contributed by atoms with van der Waals surface area (Å²) in [5.41, 5.74) is 7.87. The standard InChI is InChI=1S/C21H33N5O2/c1-15(2)13-26-10-9-22-21(28)19(26)12-20(27)25(3)14-17-11-18(24-23-17)16-7-5-4-6-8-16/h4-8,15,17-19,23-24H,9-14H2,1-3H3,(H,22,28). The number of carbonyl (C=O) groups excluding carboxylic acids is 2. The highest BCUT2D eigenvalue weighted by Gasteiger charge is 2.33. The highest BCUT2D eigenvalue weighted by molar-refractivity contribution is 5.88. The van der Waals surface area contributed by atoms with Gasteiger partial charge in [-0.25, -0.2) is 5.43 Å². The molecule has 2 amide bonds. The highest BCUT2D eigenvalue weighted by Crippen LogP contribution is 2.22. The van der Waals surface area contributed by atoms with Crippen LogP contribution >= 0.6 is 0 Å². The minimum absolute atomic E-state index is 0.0146. The van der Waals surface area contributed by atoms with Crippen LogP contribution in [0.1, 0.15) is 38.3 Å². The lowest BCUT2D eigenvalue weighted by Crippen LogP contribution is -2.57. The highest BCUT2D eigenvalue weighted by atomic mass is 16.2. The zero-order valence-corrected chi connectivity index (χ0v) is 17.1. The number of piperazine rings is 1. The van der Waals surface area contributed by atoms with Gasteiger partial charge in [-0.05, 0) is 17.9 Å². The van der Waals surface area contributed by atoms with Crippen molar-refractivity contribution in [3.63, 3.8) is 0 Å². The lowest BCUT2D eigenvalue weighted by molar-refractivity contribution is -0.138. The van der Waals surface area contributed by atoms with Gasteiger partial charge in [-0.3, -0.25) is 19.9 Å². The first kappa shape index (κ1) is 20.8. The molecule has 1 aromatic rings. The molecule has 3 rings (SSSR count). The molecule has 2 saturated heterocycles. The van der Waals surface area contributed by atoms with E-state index in [0.29, 0.717) is 19.0 Å². The molecular weight excluding hydrogens is 354 g/mol. The Morgan fingerprint density at radius 1 is 1.25 bits per heavy atom. The van der Waals surface area contributed by atoms with E-state index in [1.807, 2.05) is 25.2 Å². The van der Waals surface area contributed by atoms with Gasteiger partial charge in [0, 0.05) is 45.3 Å². The van der Waals surface area contributed by atoms with Crippen LogP contribution < -0.4 is 16.2 Å². The van der Waals surface area contributed by atoms with E-state index in [1.165, 1.54) is 5.56 Å². The summed E-state index contributed by atoms with van der Waals surface area (Å²) in [4.78, 5) is 29.0. The zero-order chi connectivity index (χ0) is 20.1. The Morgan fingerprint density at radius 2 is 2.00 bits per heavy atom. The lowest BCUT2D eigenvalue weighted by Gasteiger charge is -2.36. The van der Waals surface area contributed by atoms with Crippen molar-refractivity contribution in [2.75, 3.05) is 33.2 Å². The average Bonchev–Trinajstić information content (AvgIpc) is 3.13. The predicted octanol–water partition coefficient (Wildman–Crippen LogP) is 0.899. The van der Waals surface area contributed by atoms with Gasteiger partial charge in [0.25, 0.3) is 0 Å². The molecule has 2 fully saturated rings. The van der Waals surface area contributed by atoms with E-state index in [1.54, 1.807) is 4.90 Å². The maximum absolute atomic E-state index is 12.8.